The fraction of sp³-hybridized carbons (Fsp3) is 0.588. The third kappa shape index (κ3) is 6.27. The first kappa shape index (κ1) is 16.0. The lowest BCUT2D eigenvalue weighted by molar-refractivity contribution is -0.137. The summed E-state index contributed by atoms with van der Waals surface area (Å²) < 4.78 is 0. The van der Waals surface area contributed by atoms with Crippen LogP contribution in [0.2, 0.25) is 0 Å². The molecule has 1 fully saturated rings. The van der Waals surface area contributed by atoms with Crippen LogP contribution < -0.4 is 0 Å². The number of rotatable bonds is 7. The van der Waals surface area contributed by atoms with Gasteiger partial charge in [-0.1, -0.05) is 30.3 Å². The number of unbranched alkanes of at least 4 members (excludes halogenated alkanes) is 1. The van der Waals surface area contributed by atoms with Gasteiger partial charge in [-0.2, -0.15) is 0 Å². The Morgan fingerprint density at radius 2 is 1.71 bits per heavy atom. The van der Waals surface area contributed by atoms with E-state index < -0.39 is 5.97 Å². The van der Waals surface area contributed by atoms with Crippen LogP contribution in [0.1, 0.15) is 31.2 Å². The average molecular weight is 290 g/mol. The van der Waals surface area contributed by atoms with Gasteiger partial charge < -0.3 is 10.0 Å². The summed E-state index contributed by atoms with van der Waals surface area (Å²) in [6, 6.07) is 10.6. The third-order valence-electron chi connectivity index (χ3n) is 4.05. The van der Waals surface area contributed by atoms with Gasteiger partial charge in [0.05, 0.1) is 0 Å². The van der Waals surface area contributed by atoms with Gasteiger partial charge in [0, 0.05) is 26.1 Å². The fourth-order valence-corrected chi connectivity index (χ4v) is 2.86. The Balaban J connectivity index is 1.68. The highest BCUT2D eigenvalue weighted by Crippen LogP contribution is 2.09. The molecule has 1 heterocycles. The van der Waals surface area contributed by atoms with Crippen LogP contribution in [0.15, 0.2) is 30.3 Å². The number of hydrogen-bond donors (Lipinski definition) is 1. The normalized spacial score (nSPS) is 17.5. The number of aliphatic carboxylic acids is 1. The Morgan fingerprint density at radius 3 is 2.48 bits per heavy atom. The van der Waals surface area contributed by atoms with Gasteiger partial charge in [0.25, 0.3) is 0 Å². The molecule has 0 saturated carbocycles. The van der Waals surface area contributed by atoms with E-state index in [9.17, 15) is 4.79 Å². The lowest BCUT2D eigenvalue weighted by Crippen LogP contribution is -2.31. The highest BCUT2D eigenvalue weighted by atomic mass is 16.4. The Morgan fingerprint density at radius 1 is 1.00 bits per heavy atom. The van der Waals surface area contributed by atoms with Crippen molar-refractivity contribution in [3.8, 4) is 0 Å². The van der Waals surface area contributed by atoms with Crippen molar-refractivity contribution in [1.82, 2.24) is 9.80 Å². The molecule has 4 nitrogen and oxygen atoms in total. The summed E-state index contributed by atoms with van der Waals surface area (Å²) in [5.74, 6) is -0.681. The lowest BCUT2D eigenvalue weighted by atomic mass is 10.2. The first-order valence-corrected chi connectivity index (χ1v) is 7.94. The van der Waals surface area contributed by atoms with Crippen molar-refractivity contribution in [2.45, 2.75) is 32.2 Å². The van der Waals surface area contributed by atoms with E-state index in [1.807, 2.05) is 0 Å². The predicted octanol–water partition coefficient (Wildman–Crippen LogP) is 2.45. The third-order valence-corrected chi connectivity index (χ3v) is 4.05. The Kier molecular flexibility index (Phi) is 6.70. The summed E-state index contributed by atoms with van der Waals surface area (Å²) in [7, 11) is 0. The molecule has 21 heavy (non-hydrogen) atoms. The second-order valence-corrected chi connectivity index (χ2v) is 5.81. The van der Waals surface area contributed by atoms with E-state index in [1.54, 1.807) is 0 Å². The van der Waals surface area contributed by atoms with Gasteiger partial charge in [0.15, 0.2) is 0 Å². The molecule has 1 aliphatic rings. The van der Waals surface area contributed by atoms with Crippen LogP contribution in [-0.2, 0) is 11.3 Å². The number of carboxylic acid groups (broad SMARTS) is 1. The van der Waals surface area contributed by atoms with Crippen molar-refractivity contribution in [1.29, 1.82) is 0 Å². The monoisotopic (exact) mass is 290 g/mol. The van der Waals surface area contributed by atoms with Crippen molar-refractivity contribution in [3.05, 3.63) is 35.9 Å². The minimum Gasteiger partial charge on any atom is -0.481 e. The second kappa shape index (κ2) is 8.80. The summed E-state index contributed by atoms with van der Waals surface area (Å²) in [6.45, 7) is 6.56. The van der Waals surface area contributed by atoms with Gasteiger partial charge >= 0.3 is 5.97 Å². The Labute approximate surface area is 127 Å². The van der Waals surface area contributed by atoms with Crippen LogP contribution in [0.3, 0.4) is 0 Å². The molecule has 1 N–H and O–H groups in total. The van der Waals surface area contributed by atoms with Crippen molar-refractivity contribution in [2.24, 2.45) is 0 Å². The molecule has 1 aromatic carbocycles. The highest BCUT2D eigenvalue weighted by molar-refractivity contribution is 5.66. The summed E-state index contributed by atoms with van der Waals surface area (Å²) >= 11 is 0. The summed E-state index contributed by atoms with van der Waals surface area (Å²) in [6.07, 6.45) is 3.28. The molecule has 1 aromatic rings. The standard InChI is InChI=1S/C17H26N2O2/c20-17(21)9-4-5-10-18-11-6-12-19(14-13-18)15-16-7-2-1-3-8-16/h1-3,7-8H,4-6,9-15H2,(H,20,21). The lowest BCUT2D eigenvalue weighted by Gasteiger charge is -2.21. The minimum absolute atomic E-state index is 0.300. The zero-order valence-corrected chi connectivity index (χ0v) is 12.7. The molecule has 116 valence electrons. The van der Waals surface area contributed by atoms with E-state index in [-0.39, 0.29) is 0 Å². The van der Waals surface area contributed by atoms with Gasteiger partial charge in [-0.25, -0.2) is 0 Å². The number of carboxylic acids is 1. The molecule has 0 unspecified atom stereocenters. The number of carbonyl (C=O) groups is 1. The van der Waals surface area contributed by atoms with Crippen LogP contribution in [0.25, 0.3) is 0 Å². The first-order chi connectivity index (χ1) is 10.2. The molecule has 0 amide bonds. The SMILES string of the molecule is O=C(O)CCCCN1CCCN(Cc2ccccc2)CC1. The largest absolute Gasteiger partial charge is 0.481 e. The quantitative estimate of drug-likeness (QED) is 0.783. The first-order valence-electron chi connectivity index (χ1n) is 7.94. The van der Waals surface area contributed by atoms with Crippen LogP contribution in [0.4, 0.5) is 0 Å². The van der Waals surface area contributed by atoms with E-state index in [0.717, 1.165) is 52.1 Å². The van der Waals surface area contributed by atoms with E-state index in [0.29, 0.717) is 6.42 Å². The number of hydrogen-bond acceptors (Lipinski definition) is 3. The van der Waals surface area contributed by atoms with E-state index >= 15 is 0 Å². The molecule has 1 saturated heterocycles. The molecule has 0 bridgehead atoms. The molecule has 0 spiro atoms. The zero-order valence-electron chi connectivity index (χ0n) is 12.7. The van der Waals surface area contributed by atoms with E-state index in [2.05, 4.69) is 40.1 Å². The smallest absolute Gasteiger partial charge is 0.303 e. The number of nitrogens with zero attached hydrogens (tertiary/aromatic N) is 2. The van der Waals surface area contributed by atoms with Crippen LogP contribution in [0.5, 0.6) is 0 Å². The molecule has 0 aromatic heterocycles. The molecule has 2 rings (SSSR count). The Bertz CT molecular complexity index is 422. The van der Waals surface area contributed by atoms with E-state index in [1.165, 1.54) is 12.0 Å². The van der Waals surface area contributed by atoms with Crippen molar-refractivity contribution in [3.63, 3.8) is 0 Å². The summed E-state index contributed by atoms with van der Waals surface area (Å²) in [4.78, 5) is 15.5. The van der Waals surface area contributed by atoms with Gasteiger partial charge in [-0.15, -0.1) is 0 Å². The maximum absolute atomic E-state index is 10.5. The van der Waals surface area contributed by atoms with Gasteiger partial charge in [-0.3, -0.25) is 9.69 Å². The molecule has 0 radical (unpaired) electrons. The van der Waals surface area contributed by atoms with Crippen LogP contribution >= 0.6 is 0 Å². The molecule has 0 atom stereocenters. The maximum atomic E-state index is 10.5. The zero-order chi connectivity index (χ0) is 14.9. The van der Waals surface area contributed by atoms with Gasteiger partial charge in [0.2, 0.25) is 0 Å². The molecule has 1 aliphatic heterocycles. The molecule has 0 aliphatic carbocycles. The van der Waals surface area contributed by atoms with Crippen molar-refractivity contribution < 1.29 is 9.90 Å². The maximum Gasteiger partial charge on any atom is 0.303 e. The second-order valence-electron chi connectivity index (χ2n) is 5.81. The highest BCUT2D eigenvalue weighted by Gasteiger charge is 2.14. The van der Waals surface area contributed by atoms with E-state index in [4.69, 9.17) is 5.11 Å². The number of benzene rings is 1. The molecular weight excluding hydrogens is 264 g/mol. The Hall–Kier alpha value is -1.39. The van der Waals surface area contributed by atoms with Crippen LogP contribution in [-0.4, -0.2) is 53.6 Å². The average Bonchev–Trinajstić information content (AvgIpc) is 2.70. The van der Waals surface area contributed by atoms with Crippen molar-refractivity contribution >= 4 is 5.97 Å². The molecule has 4 heteroatoms. The summed E-state index contributed by atoms with van der Waals surface area (Å²) in [5, 5.41) is 8.65. The van der Waals surface area contributed by atoms with Gasteiger partial charge in [0.1, 0.15) is 0 Å². The van der Waals surface area contributed by atoms with Crippen LogP contribution in [0, 0.1) is 0 Å². The topological polar surface area (TPSA) is 43.8 Å². The fourth-order valence-electron chi connectivity index (χ4n) is 2.86. The predicted molar refractivity (Wildman–Crippen MR) is 84.3 cm³/mol. The summed E-state index contributed by atoms with van der Waals surface area (Å²) in [5.41, 5.74) is 1.38. The van der Waals surface area contributed by atoms with Crippen molar-refractivity contribution in [2.75, 3.05) is 32.7 Å². The minimum atomic E-state index is -0.681. The van der Waals surface area contributed by atoms with Gasteiger partial charge in [-0.05, 0) is 44.5 Å². The molecular formula is C17H26N2O2.